The Morgan fingerprint density at radius 2 is 2.28 bits per heavy atom. The summed E-state index contributed by atoms with van der Waals surface area (Å²) in [4.78, 5) is 2.27. The molecular formula is C13H23N5. The second-order valence-electron chi connectivity index (χ2n) is 6.21. The fourth-order valence-corrected chi connectivity index (χ4v) is 1.99. The number of nitrogens with one attached hydrogen (secondary N) is 1. The molecule has 18 heavy (non-hydrogen) atoms. The van der Waals surface area contributed by atoms with Crippen molar-refractivity contribution in [3.63, 3.8) is 0 Å². The number of nitrogens with zero attached hydrogens (tertiary/aromatic N) is 3. The average molecular weight is 249 g/mol. The predicted octanol–water partition coefficient (Wildman–Crippen LogP) is 1.47. The van der Waals surface area contributed by atoms with Gasteiger partial charge in [-0.3, -0.25) is 0 Å². The smallest absolute Gasteiger partial charge is 0.150 e. The van der Waals surface area contributed by atoms with Gasteiger partial charge in [-0.05, 0) is 11.8 Å². The third-order valence-corrected chi connectivity index (χ3v) is 3.03. The van der Waals surface area contributed by atoms with E-state index in [0.717, 1.165) is 37.6 Å². The van der Waals surface area contributed by atoms with Crippen molar-refractivity contribution < 1.29 is 0 Å². The third kappa shape index (κ3) is 3.57. The van der Waals surface area contributed by atoms with Gasteiger partial charge in [0, 0.05) is 31.7 Å². The molecule has 1 aromatic rings. The molecule has 0 aliphatic carbocycles. The highest BCUT2D eigenvalue weighted by Gasteiger charge is 2.20. The van der Waals surface area contributed by atoms with Crippen molar-refractivity contribution in [1.82, 2.24) is 10.2 Å². The molecule has 5 nitrogen and oxygen atoms in total. The minimum atomic E-state index is 0.230. The van der Waals surface area contributed by atoms with Crippen molar-refractivity contribution in [3.05, 3.63) is 12.3 Å². The average Bonchev–Trinajstić information content (AvgIpc) is 2.73. The lowest BCUT2D eigenvalue weighted by atomic mass is 9.97. The summed E-state index contributed by atoms with van der Waals surface area (Å²) in [5, 5.41) is 11.5. The van der Waals surface area contributed by atoms with Crippen LogP contribution in [0.25, 0.3) is 0 Å². The van der Waals surface area contributed by atoms with Crippen LogP contribution in [-0.4, -0.2) is 35.9 Å². The van der Waals surface area contributed by atoms with Crippen molar-refractivity contribution in [3.8, 4) is 0 Å². The summed E-state index contributed by atoms with van der Waals surface area (Å²) >= 11 is 0. The Morgan fingerprint density at radius 1 is 1.50 bits per heavy atom. The molecular weight excluding hydrogens is 226 g/mol. The summed E-state index contributed by atoms with van der Waals surface area (Å²) in [6.45, 7) is 9.37. The van der Waals surface area contributed by atoms with Crippen LogP contribution in [0, 0.1) is 5.41 Å². The van der Waals surface area contributed by atoms with E-state index in [9.17, 15) is 0 Å². The van der Waals surface area contributed by atoms with E-state index in [0.29, 0.717) is 0 Å². The van der Waals surface area contributed by atoms with Crippen LogP contribution in [0.5, 0.6) is 0 Å². The van der Waals surface area contributed by atoms with Gasteiger partial charge in [0.05, 0.1) is 11.9 Å². The topological polar surface area (TPSA) is 67.1 Å². The molecule has 0 bridgehead atoms. The highest BCUT2D eigenvalue weighted by atomic mass is 15.2. The molecule has 5 heteroatoms. The van der Waals surface area contributed by atoms with E-state index in [-0.39, 0.29) is 11.5 Å². The SMILES string of the molecule is CC(C)(C)CNc1cc(N2CCC(N)C2)cnn1. The van der Waals surface area contributed by atoms with Crippen LogP contribution in [0.2, 0.25) is 0 Å². The molecule has 100 valence electrons. The molecule has 1 unspecified atom stereocenters. The summed E-state index contributed by atoms with van der Waals surface area (Å²) < 4.78 is 0. The van der Waals surface area contributed by atoms with Crippen molar-refractivity contribution >= 4 is 11.5 Å². The summed E-state index contributed by atoms with van der Waals surface area (Å²) in [5.74, 6) is 0.836. The number of hydrogen-bond acceptors (Lipinski definition) is 5. The number of rotatable bonds is 3. The fourth-order valence-electron chi connectivity index (χ4n) is 1.99. The Bertz CT molecular complexity index is 399. The van der Waals surface area contributed by atoms with Gasteiger partial charge in [-0.2, -0.15) is 5.10 Å². The van der Waals surface area contributed by atoms with Gasteiger partial charge in [-0.25, -0.2) is 0 Å². The molecule has 1 atom stereocenters. The van der Waals surface area contributed by atoms with Gasteiger partial charge in [-0.1, -0.05) is 20.8 Å². The lowest BCUT2D eigenvalue weighted by Gasteiger charge is -2.21. The monoisotopic (exact) mass is 249 g/mol. The summed E-state index contributed by atoms with van der Waals surface area (Å²) in [6, 6.07) is 2.33. The lowest BCUT2D eigenvalue weighted by molar-refractivity contribution is 0.442. The maximum absolute atomic E-state index is 5.92. The first-order valence-corrected chi connectivity index (χ1v) is 6.51. The number of aromatic nitrogens is 2. The largest absolute Gasteiger partial charge is 0.369 e. The van der Waals surface area contributed by atoms with Gasteiger partial charge < -0.3 is 16.0 Å². The quantitative estimate of drug-likeness (QED) is 0.849. The van der Waals surface area contributed by atoms with Gasteiger partial charge in [0.25, 0.3) is 0 Å². The molecule has 1 saturated heterocycles. The highest BCUT2D eigenvalue weighted by molar-refractivity contribution is 5.52. The van der Waals surface area contributed by atoms with Crippen molar-refractivity contribution in [1.29, 1.82) is 0 Å². The molecule has 1 aromatic heterocycles. The first kappa shape index (κ1) is 13.1. The van der Waals surface area contributed by atoms with Crippen LogP contribution < -0.4 is 16.0 Å². The molecule has 1 fully saturated rings. The third-order valence-electron chi connectivity index (χ3n) is 3.03. The Kier molecular flexibility index (Phi) is 3.71. The highest BCUT2D eigenvalue weighted by Crippen LogP contribution is 2.21. The van der Waals surface area contributed by atoms with E-state index in [1.165, 1.54) is 0 Å². The molecule has 0 radical (unpaired) electrons. The second kappa shape index (κ2) is 5.10. The zero-order valence-corrected chi connectivity index (χ0v) is 11.5. The van der Waals surface area contributed by atoms with E-state index < -0.39 is 0 Å². The molecule has 2 heterocycles. The lowest BCUT2D eigenvalue weighted by Crippen LogP contribution is -2.26. The molecule has 0 amide bonds. The van der Waals surface area contributed by atoms with Crippen LogP contribution in [0.1, 0.15) is 27.2 Å². The minimum absolute atomic E-state index is 0.230. The van der Waals surface area contributed by atoms with Gasteiger partial charge >= 0.3 is 0 Å². The number of nitrogens with two attached hydrogens (primary N) is 1. The van der Waals surface area contributed by atoms with Gasteiger partial charge in [-0.15, -0.1) is 5.10 Å². The Morgan fingerprint density at radius 3 is 2.89 bits per heavy atom. The maximum atomic E-state index is 5.92. The number of hydrogen-bond donors (Lipinski definition) is 2. The molecule has 2 rings (SSSR count). The van der Waals surface area contributed by atoms with Crippen molar-refractivity contribution in [2.45, 2.75) is 33.2 Å². The van der Waals surface area contributed by atoms with Gasteiger partial charge in [0.2, 0.25) is 0 Å². The van der Waals surface area contributed by atoms with E-state index in [1.54, 1.807) is 6.20 Å². The summed E-state index contributed by atoms with van der Waals surface area (Å²) in [5.41, 5.74) is 7.26. The van der Waals surface area contributed by atoms with E-state index in [2.05, 4.69) is 47.3 Å². The van der Waals surface area contributed by atoms with Gasteiger partial charge in [0.15, 0.2) is 5.82 Å². The molecule has 0 spiro atoms. The standard InChI is InChI=1S/C13H23N5/c1-13(2,3)9-15-12-6-11(7-16-17-12)18-5-4-10(14)8-18/h6-7,10H,4-5,8-9,14H2,1-3H3,(H,15,17). The Labute approximate surface area is 109 Å². The van der Waals surface area contributed by atoms with Crippen LogP contribution in [0.3, 0.4) is 0 Å². The maximum Gasteiger partial charge on any atom is 0.150 e. The van der Waals surface area contributed by atoms with Crippen molar-refractivity contribution in [2.75, 3.05) is 29.9 Å². The second-order valence-corrected chi connectivity index (χ2v) is 6.21. The van der Waals surface area contributed by atoms with Gasteiger partial charge in [0.1, 0.15) is 0 Å². The Hall–Kier alpha value is -1.36. The normalized spacial score (nSPS) is 20.2. The zero-order valence-electron chi connectivity index (χ0n) is 11.5. The van der Waals surface area contributed by atoms with E-state index >= 15 is 0 Å². The molecule has 0 saturated carbocycles. The van der Waals surface area contributed by atoms with Crippen LogP contribution >= 0.6 is 0 Å². The molecule has 1 aliphatic rings. The molecule has 0 aromatic carbocycles. The van der Waals surface area contributed by atoms with Crippen molar-refractivity contribution in [2.24, 2.45) is 11.1 Å². The van der Waals surface area contributed by atoms with Crippen LogP contribution in [0.15, 0.2) is 12.3 Å². The van der Waals surface area contributed by atoms with E-state index in [1.807, 2.05) is 0 Å². The van der Waals surface area contributed by atoms with Crippen LogP contribution in [0.4, 0.5) is 11.5 Å². The predicted molar refractivity (Wildman–Crippen MR) is 74.8 cm³/mol. The molecule has 3 N–H and O–H groups in total. The molecule has 1 aliphatic heterocycles. The minimum Gasteiger partial charge on any atom is -0.369 e. The number of anilines is 2. The zero-order chi connectivity index (χ0) is 13.2. The van der Waals surface area contributed by atoms with E-state index in [4.69, 9.17) is 5.73 Å². The fraction of sp³-hybridized carbons (Fsp3) is 0.692. The van der Waals surface area contributed by atoms with Crippen LogP contribution in [-0.2, 0) is 0 Å². The first-order valence-electron chi connectivity index (χ1n) is 6.51. The first-order chi connectivity index (χ1) is 8.44. The Balaban J connectivity index is 2.01. The summed E-state index contributed by atoms with van der Waals surface area (Å²) in [7, 11) is 0. The summed E-state index contributed by atoms with van der Waals surface area (Å²) in [6.07, 6.45) is 2.85.